The number of guanidine groups is 1. The molecule has 0 heterocycles. The average molecular weight is 341 g/mol. The van der Waals surface area contributed by atoms with Crippen LogP contribution in [0.25, 0.3) is 0 Å². The van der Waals surface area contributed by atoms with Crippen LogP contribution in [-0.2, 0) is 10.9 Å². The molecule has 0 saturated heterocycles. The van der Waals surface area contributed by atoms with E-state index in [-0.39, 0.29) is 5.60 Å². The van der Waals surface area contributed by atoms with E-state index in [1.54, 1.807) is 14.2 Å². The van der Waals surface area contributed by atoms with Crippen molar-refractivity contribution in [2.75, 3.05) is 27.2 Å². The Morgan fingerprint density at radius 1 is 1.17 bits per heavy atom. The molecule has 0 aliphatic carbocycles. The van der Waals surface area contributed by atoms with Gasteiger partial charge in [-0.25, -0.2) is 0 Å². The van der Waals surface area contributed by atoms with Gasteiger partial charge >= 0.3 is 6.18 Å². The fraction of sp³-hybridized carbons (Fsp3) is 0.471. The quantitative estimate of drug-likeness (QED) is 0.503. The van der Waals surface area contributed by atoms with Gasteiger partial charge in [0.25, 0.3) is 0 Å². The largest absolute Gasteiger partial charge is 0.416 e. The molecule has 0 aliphatic rings. The van der Waals surface area contributed by atoms with Gasteiger partial charge in [-0.05, 0) is 38.1 Å². The van der Waals surface area contributed by atoms with Crippen LogP contribution in [0.15, 0.2) is 29.3 Å². The Hall–Kier alpha value is -2.20. The molecular formula is C17H22F3N3O. The van der Waals surface area contributed by atoms with Gasteiger partial charge in [0.15, 0.2) is 5.96 Å². The summed E-state index contributed by atoms with van der Waals surface area (Å²) in [7, 11) is 3.27. The second-order valence-corrected chi connectivity index (χ2v) is 5.62. The van der Waals surface area contributed by atoms with Crippen molar-refractivity contribution in [3.05, 3.63) is 35.4 Å². The van der Waals surface area contributed by atoms with Gasteiger partial charge in [-0.2, -0.15) is 13.2 Å². The number of methoxy groups -OCH3 is 1. The highest BCUT2D eigenvalue weighted by Gasteiger charge is 2.29. The fourth-order valence-corrected chi connectivity index (χ4v) is 1.61. The predicted octanol–water partition coefficient (Wildman–Crippen LogP) is 2.65. The Morgan fingerprint density at radius 2 is 1.79 bits per heavy atom. The Labute approximate surface area is 140 Å². The van der Waals surface area contributed by atoms with Gasteiger partial charge in [-0.15, -0.1) is 0 Å². The Bertz CT molecular complexity index is 611. The SMILES string of the molecule is CN=C(NCC#Cc1ccc(C(F)(F)F)cc1)NCC(C)(C)OC. The number of hydrogen-bond donors (Lipinski definition) is 2. The average Bonchev–Trinajstić information content (AvgIpc) is 2.54. The number of rotatable bonds is 4. The number of ether oxygens (including phenoxy) is 1. The summed E-state index contributed by atoms with van der Waals surface area (Å²) in [6.45, 7) is 4.76. The minimum Gasteiger partial charge on any atom is -0.377 e. The van der Waals surface area contributed by atoms with Crippen LogP contribution < -0.4 is 10.6 Å². The van der Waals surface area contributed by atoms with Gasteiger partial charge in [0.2, 0.25) is 0 Å². The summed E-state index contributed by atoms with van der Waals surface area (Å²) in [4.78, 5) is 4.05. The van der Waals surface area contributed by atoms with Crippen molar-refractivity contribution in [3.8, 4) is 11.8 Å². The maximum Gasteiger partial charge on any atom is 0.416 e. The minimum atomic E-state index is -4.33. The van der Waals surface area contributed by atoms with E-state index >= 15 is 0 Å². The summed E-state index contributed by atoms with van der Waals surface area (Å²) in [5, 5.41) is 6.11. The molecule has 0 aliphatic heterocycles. The Balaban J connectivity index is 2.51. The topological polar surface area (TPSA) is 45.7 Å². The van der Waals surface area contributed by atoms with E-state index in [1.807, 2.05) is 13.8 Å². The highest BCUT2D eigenvalue weighted by Crippen LogP contribution is 2.28. The van der Waals surface area contributed by atoms with E-state index in [1.165, 1.54) is 12.1 Å². The number of nitrogens with zero attached hydrogens (tertiary/aromatic N) is 1. The van der Waals surface area contributed by atoms with Crippen molar-refractivity contribution in [1.29, 1.82) is 0 Å². The van der Waals surface area contributed by atoms with Crippen molar-refractivity contribution in [1.82, 2.24) is 10.6 Å². The molecule has 0 radical (unpaired) electrons. The summed E-state index contributed by atoms with van der Waals surface area (Å²) in [5.41, 5.74) is -0.492. The zero-order valence-corrected chi connectivity index (χ0v) is 14.2. The fourth-order valence-electron chi connectivity index (χ4n) is 1.61. The van der Waals surface area contributed by atoms with Crippen LogP contribution >= 0.6 is 0 Å². The van der Waals surface area contributed by atoms with Crippen LogP contribution in [-0.4, -0.2) is 38.8 Å². The number of benzene rings is 1. The van der Waals surface area contributed by atoms with E-state index in [9.17, 15) is 13.2 Å². The lowest BCUT2D eigenvalue weighted by Gasteiger charge is -2.24. The number of halogens is 3. The Morgan fingerprint density at radius 3 is 2.29 bits per heavy atom. The van der Waals surface area contributed by atoms with Gasteiger partial charge < -0.3 is 15.4 Å². The normalized spacial score (nSPS) is 12.4. The van der Waals surface area contributed by atoms with Crippen LogP contribution in [0.3, 0.4) is 0 Å². The molecule has 24 heavy (non-hydrogen) atoms. The number of nitrogens with one attached hydrogen (secondary N) is 2. The van der Waals surface area contributed by atoms with Crippen LogP contribution in [0.5, 0.6) is 0 Å². The van der Waals surface area contributed by atoms with E-state index in [0.717, 1.165) is 12.1 Å². The second kappa shape index (κ2) is 8.60. The zero-order valence-electron chi connectivity index (χ0n) is 14.2. The lowest BCUT2D eigenvalue weighted by Crippen LogP contribution is -2.45. The summed E-state index contributed by atoms with van der Waals surface area (Å²) in [5.74, 6) is 6.21. The number of alkyl halides is 3. The smallest absolute Gasteiger partial charge is 0.377 e. The van der Waals surface area contributed by atoms with E-state index < -0.39 is 11.7 Å². The molecule has 0 saturated carbocycles. The van der Waals surface area contributed by atoms with Crippen molar-refractivity contribution in [2.45, 2.75) is 25.6 Å². The summed E-state index contributed by atoms with van der Waals surface area (Å²) < 4.78 is 42.7. The highest BCUT2D eigenvalue weighted by molar-refractivity contribution is 5.79. The molecule has 7 heteroatoms. The third-order valence-electron chi connectivity index (χ3n) is 3.25. The summed E-state index contributed by atoms with van der Waals surface area (Å²) in [6.07, 6.45) is -4.33. The second-order valence-electron chi connectivity index (χ2n) is 5.62. The maximum absolute atomic E-state index is 12.5. The van der Waals surface area contributed by atoms with Gasteiger partial charge in [0, 0.05) is 26.3 Å². The molecule has 1 aromatic carbocycles. The van der Waals surface area contributed by atoms with E-state index in [2.05, 4.69) is 27.5 Å². The molecule has 0 bridgehead atoms. The molecule has 4 nitrogen and oxygen atoms in total. The first-order valence-electron chi connectivity index (χ1n) is 7.34. The molecular weight excluding hydrogens is 319 g/mol. The standard InChI is InChI=1S/C17H22F3N3O/c1-16(2,24-4)12-23-15(21-3)22-11-5-6-13-7-9-14(10-8-13)17(18,19)20/h7-10H,11-12H2,1-4H3,(H2,21,22,23). The molecule has 132 valence electrons. The first kappa shape index (κ1) is 19.8. The van der Waals surface area contributed by atoms with Gasteiger partial charge in [-0.1, -0.05) is 11.8 Å². The molecule has 0 atom stereocenters. The monoisotopic (exact) mass is 341 g/mol. The van der Waals surface area contributed by atoms with Crippen molar-refractivity contribution in [2.24, 2.45) is 4.99 Å². The molecule has 0 aromatic heterocycles. The molecule has 0 fully saturated rings. The lowest BCUT2D eigenvalue weighted by atomic mass is 10.1. The van der Waals surface area contributed by atoms with Crippen molar-refractivity contribution < 1.29 is 17.9 Å². The summed E-state index contributed by atoms with van der Waals surface area (Å²) in [6, 6.07) is 4.74. The van der Waals surface area contributed by atoms with Crippen LogP contribution in [0.4, 0.5) is 13.2 Å². The van der Waals surface area contributed by atoms with Crippen LogP contribution in [0, 0.1) is 11.8 Å². The van der Waals surface area contributed by atoms with Crippen molar-refractivity contribution >= 4 is 5.96 Å². The molecule has 0 amide bonds. The van der Waals surface area contributed by atoms with Crippen LogP contribution in [0.2, 0.25) is 0 Å². The molecule has 0 unspecified atom stereocenters. The Kier molecular flexibility index (Phi) is 7.11. The minimum absolute atomic E-state index is 0.314. The molecule has 1 aromatic rings. The molecule has 2 N–H and O–H groups in total. The maximum atomic E-state index is 12.5. The van der Waals surface area contributed by atoms with Gasteiger partial charge in [-0.3, -0.25) is 4.99 Å². The lowest BCUT2D eigenvalue weighted by molar-refractivity contribution is -0.137. The van der Waals surface area contributed by atoms with E-state index in [0.29, 0.717) is 24.6 Å². The van der Waals surface area contributed by atoms with E-state index in [4.69, 9.17) is 4.74 Å². The third-order valence-corrected chi connectivity index (χ3v) is 3.25. The van der Waals surface area contributed by atoms with Crippen LogP contribution in [0.1, 0.15) is 25.0 Å². The third kappa shape index (κ3) is 6.92. The molecule has 1 rings (SSSR count). The van der Waals surface area contributed by atoms with Gasteiger partial charge in [0.1, 0.15) is 0 Å². The highest BCUT2D eigenvalue weighted by atomic mass is 19.4. The number of hydrogen-bond acceptors (Lipinski definition) is 2. The zero-order chi connectivity index (χ0) is 18.2. The first-order chi connectivity index (χ1) is 11.2. The predicted molar refractivity (Wildman–Crippen MR) is 88.8 cm³/mol. The van der Waals surface area contributed by atoms with Gasteiger partial charge in [0.05, 0.1) is 17.7 Å². The molecule has 0 spiro atoms. The first-order valence-corrected chi connectivity index (χ1v) is 7.34. The number of aliphatic imine (C=N–C) groups is 1. The summed E-state index contributed by atoms with van der Waals surface area (Å²) >= 11 is 0. The van der Waals surface area contributed by atoms with Crippen molar-refractivity contribution in [3.63, 3.8) is 0 Å².